The van der Waals surface area contributed by atoms with Gasteiger partial charge in [0.15, 0.2) is 0 Å². The van der Waals surface area contributed by atoms with Crippen LogP contribution in [0.5, 0.6) is 0 Å². The molecule has 0 saturated carbocycles. The maximum Gasteiger partial charge on any atom is 0.262 e. The number of carbonyl (C=O) groups excluding carboxylic acids is 3. The molecule has 1 aliphatic heterocycles. The molecule has 1 aromatic carbocycles. The van der Waals surface area contributed by atoms with Gasteiger partial charge < -0.3 is 10.4 Å². The number of nitrogens with one attached hydrogen (secondary N) is 1. The highest BCUT2D eigenvalue weighted by Crippen LogP contribution is 2.27. The van der Waals surface area contributed by atoms with Crippen LogP contribution in [-0.4, -0.2) is 46.9 Å². The highest BCUT2D eigenvalue weighted by molar-refractivity contribution is 6.22. The third kappa shape index (κ3) is 2.87. The quantitative estimate of drug-likeness (QED) is 0.601. The van der Waals surface area contributed by atoms with Gasteiger partial charge in [-0.25, -0.2) is 0 Å². The van der Waals surface area contributed by atoms with E-state index in [9.17, 15) is 14.4 Å². The van der Waals surface area contributed by atoms with Crippen molar-refractivity contribution in [1.82, 2.24) is 10.2 Å². The lowest BCUT2D eigenvalue weighted by molar-refractivity contribution is -0.126. The number of aliphatic hydroxyl groups is 1. The van der Waals surface area contributed by atoms with Gasteiger partial charge in [-0.3, -0.25) is 19.3 Å². The molecular formula is C16H20N2O4. The second kappa shape index (κ2) is 6.70. The van der Waals surface area contributed by atoms with Crippen LogP contribution in [0.1, 0.15) is 41.0 Å². The van der Waals surface area contributed by atoms with Crippen LogP contribution in [0.25, 0.3) is 0 Å². The van der Waals surface area contributed by atoms with Crippen molar-refractivity contribution in [2.75, 3.05) is 13.2 Å². The Morgan fingerprint density at radius 2 is 1.73 bits per heavy atom. The second-order valence-corrected chi connectivity index (χ2v) is 5.58. The number of hydrogen-bond donors (Lipinski definition) is 2. The first-order chi connectivity index (χ1) is 10.5. The molecule has 118 valence electrons. The normalized spacial score (nSPS) is 15.2. The maximum atomic E-state index is 12.5. The molecule has 1 atom stereocenters. The molecule has 22 heavy (non-hydrogen) atoms. The standard InChI is InChI=1S/C16H20N2O4/c1-10(2)13(14(20)17-8-5-9-19)18-15(21)11-6-3-4-7-12(11)16(18)22/h3-4,6-7,10,13,19H,5,8-9H2,1-2H3,(H,17,20). The van der Waals surface area contributed by atoms with Crippen molar-refractivity contribution in [2.24, 2.45) is 5.92 Å². The van der Waals surface area contributed by atoms with Crippen molar-refractivity contribution >= 4 is 17.7 Å². The Hall–Kier alpha value is -2.21. The van der Waals surface area contributed by atoms with Crippen LogP contribution in [0.2, 0.25) is 0 Å². The van der Waals surface area contributed by atoms with Crippen molar-refractivity contribution < 1.29 is 19.5 Å². The highest BCUT2D eigenvalue weighted by Gasteiger charge is 2.43. The van der Waals surface area contributed by atoms with Gasteiger partial charge in [0.05, 0.1) is 11.1 Å². The topological polar surface area (TPSA) is 86.7 Å². The molecule has 1 heterocycles. The Morgan fingerprint density at radius 3 is 2.18 bits per heavy atom. The van der Waals surface area contributed by atoms with Gasteiger partial charge in [0.1, 0.15) is 6.04 Å². The van der Waals surface area contributed by atoms with Gasteiger partial charge in [-0.1, -0.05) is 26.0 Å². The summed E-state index contributed by atoms with van der Waals surface area (Å²) in [7, 11) is 0. The molecule has 0 saturated heterocycles. The summed E-state index contributed by atoms with van der Waals surface area (Å²) in [5.41, 5.74) is 0.669. The fourth-order valence-corrected chi connectivity index (χ4v) is 2.57. The van der Waals surface area contributed by atoms with Crippen LogP contribution in [0, 0.1) is 5.92 Å². The molecule has 1 aliphatic rings. The van der Waals surface area contributed by atoms with Gasteiger partial charge in [0, 0.05) is 13.2 Å². The van der Waals surface area contributed by atoms with E-state index in [-0.39, 0.29) is 18.4 Å². The van der Waals surface area contributed by atoms with E-state index in [0.29, 0.717) is 24.1 Å². The summed E-state index contributed by atoms with van der Waals surface area (Å²) in [6, 6.07) is 5.72. The molecule has 0 radical (unpaired) electrons. The van der Waals surface area contributed by atoms with Crippen LogP contribution >= 0.6 is 0 Å². The van der Waals surface area contributed by atoms with E-state index < -0.39 is 17.9 Å². The van der Waals surface area contributed by atoms with E-state index in [1.54, 1.807) is 38.1 Å². The summed E-state index contributed by atoms with van der Waals surface area (Å²) in [5, 5.41) is 11.4. The summed E-state index contributed by atoms with van der Waals surface area (Å²) >= 11 is 0. The molecule has 3 amide bonds. The minimum atomic E-state index is -0.855. The molecule has 0 aliphatic carbocycles. The zero-order valence-corrected chi connectivity index (χ0v) is 12.7. The Morgan fingerprint density at radius 1 is 1.18 bits per heavy atom. The van der Waals surface area contributed by atoms with Crippen LogP contribution in [0.15, 0.2) is 24.3 Å². The fourth-order valence-electron chi connectivity index (χ4n) is 2.57. The van der Waals surface area contributed by atoms with Crippen LogP contribution < -0.4 is 5.32 Å². The van der Waals surface area contributed by atoms with Crippen molar-refractivity contribution in [3.05, 3.63) is 35.4 Å². The number of imide groups is 1. The van der Waals surface area contributed by atoms with Crippen molar-refractivity contribution in [1.29, 1.82) is 0 Å². The maximum absolute atomic E-state index is 12.5. The molecule has 0 fully saturated rings. The molecule has 1 aromatic rings. The van der Waals surface area contributed by atoms with Crippen LogP contribution in [0.4, 0.5) is 0 Å². The third-order valence-corrected chi connectivity index (χ3v) is 3.64. The first-order valence-electron chi connectivity index (χ1n) is 7.34. The predicted molar refractivity (Wildman–Crippen MR) is 80.3 cm³/mol. The van der Waals surface area contributed by atoms with Gasteiger partial charge in [0.25, 0.3) is 11.8 Å². The van der Waals surface area contributed by atoms with Gasteiger partial charge >= 0.3 is 0 Å². The third-order valence-electron chi connectivity index (χ3n) is 3.64. The SMILES string of the molecule is CC(C)C(C(=O)NCCCO)N1C(=O)c2ccccc2C1=O. The van der Waals surface area contributed by atoms with E-state index in [4.69, 9.17) is 5.11 Å². The molecule has 6 heteroatoms. The molecule has 6 nitrogen and oxygen atoms in total. The summed E-state index contributed by atoms with van der Waals surface area (Å²) in [5.74, 6) is -1.46. The van der Waals surface area contributed by atoms with Gasteiger partial charge in [-0.15, -0.1) is 0 Å². The van der Waals surface area contributed by atoms with Crippen LogP contribution in [-0.2, 0) is 4.79 Å². The minimum absolute atomic E-state index is 0.0281. The van der Waals surface area contributed by atoms with Crippen LogP contribution in [0.3, 0.4) is 0 Å². The number of benzene rings is 1. The van der Waals surface area contributed by atoms with Crippen molar-refractivity contribution in [3.8, 4) is 0 Å². The minimum Gasteiger partial charge on any atom is -0.396 e. The molecule has 0 spiro atoms. The zero-order chi connectivity index (χ0) is 16.3. The predicted octanol–water partition coefficient (Wildman–Crippen LogP) is 0.806. The largest absolute Gasteiger partial charge is 0.396 e. The number of fused-ring (bicyclic) bond motifs is 1. The fraction of sp³-hybridized carbons (Fsp3) is 0.438. The number of carbonyl (C=O) groups is 3. The summed E-state index contributed by atoms with van der Waals surface area (Å²) < 4.78 is 0. The van der Waals surface area contributed by atoms with E-state index in [1.165, 1.54) is 0 Å². The first kappa shape index (κ1) is 16.2. The molecule has 2 rings (SSSR count). The number of aliphatic hydroxyl groups excluding tert-OH is 1. The Bertz CT molecular complexity index is 563. The van der Waals surface area contributed by atoms with E-state index >= 15 is 0 Å². The lowest BCUT2D eigenvalue weighted by Gasteiger charge is -2.28. The van der Waals surface area contributed by atoms with Crippen molar-refractivity contribution in [3.63, 3.8) is 0 Å². The second-order valence-electron chi connectivity index (χ2n) is 5.58. The number of amides is 3. The number of nitrogens with zero attached hydrogens (tertiary/aromatic N) is 1. The molecule has 0 aromatic heterocycles. The zero-order valence-electron chi connectivity index (χ0n) is 12.7. The lowest BCUT2D eigenvalue weighted by Crippen LogP contribution is -2.52. The smallest absolute Gasteiger partial charge is 0.262 e. The van der Waals surface area contributed by atoms with E-state index in [2.05, 4.69) is 5.32 Å². The summed E-state index contributed by atoms with van der Waals surface area (Å²) in [4.78, 5) is 38.3. The van der Waals surface area contributed by atoms with Crippen molar-refractivity contribution in [2.45, 2.75) is 26.3 Å². The number of rotatable bonds is 6. The van der Waals surface area contributed by atoms with Gasteiger partial charge in [0.2, 0.25) is 5.91 Å². The average Bonchev–Trinajstić information content (AvgIpc) is 2.73. The lowest BCUT2D eigenvalue weighted by atomic mass is 10.0. The Labute approximate surface area is 129 Å². The molecule has 1 unspecified atom stereocenters. The molecular weight excluding hydrogens is 284 g/mol. The van der Waals surface area contributed by atoms with E-state index in [1.807, 2.05) is 0 Å². The first-order valence-corrected chi connectivity index (χ1v) is 7.34. The molecule has 2 N–H and O–H groups in total. The van der Waals surface area contributed by atoms with Gasteiger partial charge in [-0.2, -0.15) is 0 Å². The molecule has 0 bridgehead atoms. The summed E-state index contributed by atoms with van der Waals surface area (Å²) in [6.07, 6.45) is 0.429. The summed E-state index contributed by atoms with van der Waals surface area (Å²) in [6.45, 7) is 3.86. The number of hydrogen-bond acceptors (Lipinski definition) is 4. The van der Waals surface area contributed by atoms with Gasteiger partial charge in [-0.05, 0) is 24.5 Å². The average molecular weight is 304 g/mol. The Kier molecular flexibility index (Phi) is 4.92. The Balaban J connectivity index is 2.25. The van der Waals surface area contributed by atoms with E-state index in [0.717, 1.165) is 4.90 Å². The monoisotopic (exact) mass is 304 g/mol. The highest BCUT2D eigenvalue weighted by atomic mass is 16.3.